The van der Waals surface area contributed by atoms with Gasteiger partial charge in [-0.25, -0.2) is 8.42 Å². The SMILES string of the molecule is CS(=O)(=O)c1cccc(OCC(=O)c2csc3ccccc23)c1. The Morgan fingerprint density at radius 2 is 1.91 bits per heavy atom. The van der Waals surface area contributed by atoms with E-state index in [1.165, 1.54) is 23.5 Å². The molecule has 0 spiro atoms. The fourth-order valence-electron chi connectivity index (χ4n) is 2.22. The molecule has 0 aliphatic heterocycles. The van der Waals surface area contributed by atoms with Gasteiger partial charge in [-0.15, -0.1) is 11.3 Å². The van der Waals surface area contributed by atoms with Crippen molar-refractivity contribution in [1.29, 1.82) is 0 Å². The molecule has 118 valence electrons. The minimum absolute atomic E-state index is 0.131. The van der Waals surface area contributed by atoms with Crippen LogP contribution in [0.4, 0.5) is 0 Å². The highest BCUT2D eigenvalue weighted by Gasteiger charge is 2.13. The lowest BCUT2D eigenvalue weighted by molar-refractivity contribution is 0.0923. The first kappa shape index (κ1) is 15.7. The number of carbonyl (C=O) groups excluding carboxylic acids is 1. The zero-order chi connectivity index (χ0) is 16.4. The predicted molar refractivity (Wildman–Crippen MR) is 91.2 cm³/mol. The van der Waals surface area contributed by atoms with E-state index in [4.69, 9.17) is 4.74 Å². The number of ketones is 1. The Balaban J connectivity index is 1.77. The summed E-state index contributed by atoms with van der Waals surface area (Å²) in [6.07, 6.45) is 1.13. The van der Waals surface area contributed by atoms with E-state index in [0.29, 0.717) is 11.3 Å². The second kappa shape index (κ2) is 6.14. The minimum atomic E-state index is -3.30. The van der Waals surface area contributed by atoms with E-state index in [2.05, 4.69) is 0 Å². The van der Waals surface area contributed by atoms with Crippen LogP contribution in [0.25, 0.3) is 10.1 Å². The number of thiophene rings is 1. The van der Waals surface area contributed by atoms with Crippen molar-refractivity contribution in [2.75, 3.05) is 12.9 Å². The zero-order valence-corrected chi connectivity index (χ0v) is 14.0. The first-order valence-corrected chi connectivity index (χ1v) is 9.64. The lowest BCUT2D eigenvalue weighted by Gasteiger charge is -2.06. The van der Waals surface area contributed by atoms with Gasteiger partial charge in [0.05, 0.1) is 4.90 Å². The summed E-state index contributed by atoms with van der Waals surface area (Å²) >= 11 is 1.51. The topological polar surface area (TPSA) is 60.4 Å². The van der Waals surface area contributed by atoms with Crippen molar-refractivity contribution in [3.63, 3.8) is 0 Å². The summed E-state index contributed by atoms with van der Waals surface area (Å²) in [6, 6.07) is 13.8. The van der Waals surface area contributed by atoms with Crippen LogP contribution in [0, 0.1) is 0 Å². The summed E-state index contributed by atoms with van der Waals surface area (Å²) in [5.41, 5.74) is 0.630. The van der Waals surface area contributed by atoms with Gasteiger partial charge in [0.25, 0.3) is 0 Å². The minimum Gasteiger partial charge on any atom is -0.485 e. The smallest absolute Gasteiger partial charge is 0.201 e. The van der Waals surface area contributed by atoms with E-state index in [1.54, 1.807) is 12.1 Å². The van der Waals surface area contributed by atoms with Crippen molar-refractivity contribution in [3.8, 4) is 5.75 Å². The van der Waals surface area contributed by atoms with E-state index < -0.39 is 9.84 Å². The van der Waals surface area contributed by atoms with E-state index >= 15 is 0 Å². The first-order chi connectivity index (χ1) is 10.9. The Kier molecular flexibility index (Phi) is 4.19. The molecule has 3 rings (SSSR count). The molecule has 3 aromatic rings. The maximum absolute atomic E-state index is 12.3. The summed E-state index contributed by atoms with van der Waals surface area (Å²) in [4.78, 5) is 12.5. The molecule has 0 amide bonds. The fourth-order valence-corrected chi connectivity index (χ4v) is 3.84. The highest BCUT2D eigenvalue weighted by molar-refractivity contribution is 7.90. The van der Waals surface area contributed by atoms with Crippen LogP contribution in [-0.4, -0.2) is 27.1 Å². The first-order valence-electron chi connectivity index (χ1n) is 6.87. The number of benzene rings is 2. The van der Waals surface area contributed by atoms with E-state index in [-0.39, 0.29) is 17.3 Å². The molecule has 0 aliphatic carbocycles. The second-order valence-corrected chi connectivity index (χ2v) is 8.03. The van der Waals surface area contributed by atoms with Crippen LogP contribution in [0.3, 0.4) is 0 Å². The molecule has 0 fully saturated rings. The number of hydrogen-bond donors (Lipinski definition) is 0. The van der Waals surface area contributed by atoms with Gasteiger partial charge in [-0.05, 0) is 24.3 Å². The van der Waals surface area contributed by atoms with Crippen molar-refractivity contribution in [2.24, 2.45) is 0 Å². The van der Waals surface area contributed by atoms with Crippen LogP contribution in [-0.2, 0) is 9.84 Å². The van der Waals surface area contributed by atoms with Gasteiger partial charge in [0.15, 0.2) is 16.4 Å². The quantitative estimate of drug-likeness (QED) is 0.663. The van der Waals surface area contributed by atoms with Crippen LogP contribution in [0.15, 0.2) is 58.8 Å². The summed E-state index contributed by atoms with van der Waals surface area (Å²) in [7, 11) is -3.30. The van der Waals surface area contributed by atoms with Crippen molar-refractivity contribution in [1.82, 2.24) is 0 Å². The summed E-state index contributed by atoms with van der Waals surface area (Å²) in [6.45, 7) is -0.131. The van der Waals surface area contributed by atoms with Gasteiger partial charge >= 0.3 is 0 Å². The van der Waals surface area contributed by atoms with Crippen LogP contribution in [0.5, 0.6) is 5.75 Å². The Morgan fingerprint density at radius 1 is 1.13 bits per heavy atom. The van der Waals surface area contributed by atoms with Gasteiger partial charge in [0.1, 0.15) is 5.75 Å². The van der Waals surface area contributed by atoms with Crippen LogP contribution in [0.1, 0.15) is 10.4 Å². The molecule has 4 nitrogen and oxygen atoms in total. The lowest BCUT2D eigenvalue weighted by atomic mass is 10.1. The van der Waals surface area contributed by atoms with E-state index in [0.717, 1.165) is 16.3 Å². The average Bonchev–Trinajstić information content (AvgIpc) is 2.96. The molecule has 1 heterocycles. The Hall–Kier alpha value is -2.18. The summed E-state index contributed by atoms with van der Waals surface area (Å²) in [5.74, 6) is 0.230. The third-order valence-corrected chi connectivity index (χ3v) is 5.46. The fraction of sp³-hybridized carbons (Fsp3) is 0.118. The van der Waals surface area contributed by atoms with Gasteiger partial charge in [0.2, 0.25) is 5.78 Å². The van der Waals surface area contributed by atoms with Gasteiger partial charge in [-0.3, -0.25) is 4.79 Å². The van der Waals surface area contributed by atoms with Crippen LogP contribution in [0.2, 0.25) is 0 Å². The van der Waals surface area contributed by atoms with Crippen molar-refractivity contribution in [2.45, 2.75) is 4.90 Å². The maximum Gasteiger partial charge on any atom is 0.201 e. The van der Waals surface area contributed by atoms with Crippen LogP contribution >= 0.6 is 11.3 Å². The molecule has 0 aliphatic rings. The normalized spacial score (nSPS) is 11.5. The van der Waals surface area contributed by atoms with Crippen molar-refractivity contribution >= 4 is 37.0 Å². The zero-order valence-electron chi connectivity index (χ0n) is 12.4. The molecule has 6 heteroatoms. The molecule has 0 unspecified atom stereocenters. The van der Waals surface area contributed by atoms with Gasteiger partial charge in [-0.1, -0.05) is 24.3 Å². The van der Waals surface area contributed by atoms with Gasteiger partial charge in [-0.2, -0.15) is 0 Å². The van der Waals surface area contributed by atoms with Crippen molar-refractivity contribution < 1.29 is 17.9 Å². The molecule has 0 radical (unpaired) electrons. The number of fused-ring (bicyclic) bond motifs is 1. The molecule has 2 aromatic carbocycles. The Morgan fingerprint density at radius 3 is 2.70 bits per heavy atom. The molecule has 0 N–H and O–H groups in total. The van der Waals surface area contributed by atoms with Gasteiger partial charge in [0, 0.05) is 27.3 Å². The third-order valence-electron chi connectivity index (χ3n) is 3.38. The Labute approximate surface area is 138 Å². The molecule has 0 saturated carbocycles. The molecular formula is C17H14O4S2. The van der Waals surface area contributed by atoms with Crippen molar-refractivity contribution in [3.05, 3.63) is 59.5 Å². The third kappa shape index (κ3) is 3.43. The monoisotopic (exact) mass is 346 g/mol. The largest absolute Gasteiger partial charge is 0.485 e. The highest BCUT2D eigenvalue weighted by Crippen LogP contribution is 2.26. The number of ether oxygens (including phenoxy) is 1. The van der Waals surface area contributed by atoms with Crippen LogP contribution < -0.4 is 4.74 Å². The molecular weight excluding hydrogens is 332 g/mol. The Bertz CT molecular complexity index is 971. The maximum atomic E-state index is 12.3. The summed E-state index contributed by atoms with van der Waals surface area (Å²) in [5, 5.41) is 2.74. The summed E-state index contributed by atoms with van der Waals surface area (Å²) < 4.78 is 29.6. The molecule has 0 bridgehead atoms. The molecule has 0 atom stereocenters. The van der Waals surface area contributed by atoms with E-state index in [9.17, 15) is 13.2 Å². The second-order valence-electron chi connectivity index (χ2n) is 5.10. The van der Waals surface area contributed by atoms with Gasteiger partial charge < -0.3 is 4.74 Å². The number of hydrogen-bond acceptors (Lipinski definition) is 5. The lowest BCUT2D eigenvalue weighted by Crippen LogP contribution is -2.11. The predicted octanol–water partition coefficient (Wildman–Crippen LogP) is 3.57. The number of Topliss-reactive ketones (excluding diaryl/α,β-unsaturated/α-hetero) is 1. The molecule has 0 saturated heterocycles. The highest BCUT2D eigenvalue weighted by atomic mass is 32.2. The molecule has 23 heavy (non-hydrogen) atoms. The number of carbonyl (C=O) groups is 1. The standard InChI is InChI=1S/C17H14O4S2/c1-23(19,20)13-6-4-5-12(9-13)21-10-16(18)15-11-22-17-8-3-2-7-14(15)17/h2-9,11H,10H2,1H3. The average molecular weight is 346 g/mol. The van der Waals surface area contributed by atoms with E-state index in [1.807, 2.05) is 29.6 Å². The molecule has 1 aromatic heterocycles. The number of rotatable bonds is 5. The number of sulfone groups is 1.